The first kappa shape index (κ1) is 17.5. The molecule has 2 heteroatoms. The Kier molecular flexibility index (Phi) is 4.82. The molecule has 0 amide bonds. The van der Waals surface area contributed by atoms with Crippen LogP contribution in [-0.2, 0) is 5.41 Å². The predicted octanol–water partition coefficient (Wildman–Crippen LogP) is 5.29. The van der Waals surface area contributed by atoms with E-state index in [9.17, 15) is 0 Å². The first-order valence-corrected chi connectivity index (χ1v) is 9.58. The van der Waals surface area contributed by atoms with Gasteiger partial charge >= 0.3 is 0 Å². The number of hydrogen-bond donors (Lipinski definition) is 0. The van der Waals surface area contributed by atoms with Gasteiger partial charge in [0.1, 0.15) is 5.75 Å². The monoisotopic (exact) mass is 346 g/mol. The van der Waals surface area contributed by atoms with Crippen molar-refractivity contribution in [3.63, 3.8) is 0 Å². The number of rotatable bonds is 3. The van der Waals surface area contributed by atoms with Gasteiger partial charge in [-0.05, 0) is 46.2 Å². The summed E-state index contributed by atoms with van der Waals surface area (Å²) in [5.41, 5.74) is 7.67. The van der Waals surface area contributed by atoms with Crippen LogP contribution in [-0.4, -0.2) is 10.5 Å². The van der Waals surface area contributed by atoms with Gasteiger partial charge in [0.05, 0.1) is 0 Å². The smallest absolute Gasteiger partial charge is 0.204 e. The van der Waals surface area contributed by atoms with Gasteiger partial charge in [-0.15, -0.1) is 0 Å². The molecule has 25 heavy (non-hydrogen) atoms. The van der Waals surface area contributed by atoms with Crippen LogP contribution >= 0.6 is 0 Å². The molecule has 3 aromatic rings. The minimum atomic E-state index is 0.0303. The Bertz CT molecular complexity index is 862. The SMILES string of the molecule is Cc1c(-c2ccccc2)c(-c2ccccc2)cc(O[SiH3])c1C(C)(C)C. The molecular formula is C23H26OSi. The quantitative estimate of drug-likeness (QED) is 0.586. The maximum atomic E-state index is 5.94. The maximum absolute atomic E-state index is 5.94. The second-order valence-corrected chi connectivity index (χ2v) is 7.89. The van der Waals surface area contributed by atoms with Gasteiger partial charge in [-0.25, -0.2) is 0 Å². The zero-order valence-corrected chi connectivity index (χ0v) is 17.8. The van der Waals surface area contributed by atoms with Crippen molar-refractivity contribution in [1.82, 2.24) is 0 Å². The molecule has 0 aromatic heterocycles. The average molecular weight is 347 g/mol. The molecule has 0 atom stereocenters. The Morgan fingerprint density at radius 1 is 0.800 bits per heavy atom. The minimum absolute atomic E-state index is 0.0303. The van der Waals surface area contributed by atoms with Gasteiger partial charge in [0.25, 0.3) is 0 Å². The van der Waals surface area contributed by atoms with Gasteiger partial charge in [0, 0.05) is 5.56 Å². The van der Waals surface area contributed by atoms with E-state index < -0.39 is 0 Å². The van der Waals surface area contributed by atoms with Crippen molar-refractivity contribution in [2.75, 3.05) is 0 Å². The molecule has 3 aromatic carbocycles. The van der Waals surface area contributed by atoms with Gasteiger partial charge < -0.3 is 4.43 Å². The molecule has 3 rings (SSSR count). The zero-order chi connectivity index (χ0) is 18.0. The summed E-state index contributed by atoms with van der Waals surface area (Å²) in [6, 6.07) is 23.5. The van der Waals surface area contributed by atoms with Crippen molar-refractivity contribution in [2.24, 2.45) is 0 Å². The van der Waals surface area contributed by atoms with Crippen molar-refractivity contribution in [2.45, 2.75) is 33.1 Å². The summed E-state index contributed by atoms with van der Waals surface area (Å²) in [4.78, 5) is 0. The van der Waals surface area contributed by atoms with E-state index in [-0.39, 0.29) is 5.41 Å². The lowest BCUT2D eigenvalue weighted by atomic mass is 9.78. The first-order chi connectivity index (χ1) is 11.9. The molecule has 0 saturated carbocycles. The highest BCUT2D eigenvalue weighted by Crippen LogP contribution is 2.44. The summed E-state index contributed by atoms with van der Waals surface area (Å²) in [5.74, 6) is 1.02. The zero-order valence-electron chi connectivity index (χ0n) is 15.8. The topological polar surface area (TPSA) is 9.23 Å². The summed E-state index contributed by atoms with van der Waals surface area (Å²) >= 11 is 0. The molecule has 0 bridgehead atoms. The van der Waals surface area contributed by atoms with Gasteiger partial charge in [-0.2, -0.15) is 0 Å². The fraction of sp³-hybridized carbons (Fsp3) is 0.217. The van der Waals surface area contributed by atoms with Crippen molar-refractivity contribution in [3.8, 4) is 28.0 Å². The Labute approximate surface area is 154 Å². The second-order valence-electron chi connectivity index (χ2n) is 7.48. The summed E-state index contributed by atoms with van der Waals surface area (Å²) in [6.07, 6.45) is 0. The third-order valence-electron chi connectivity index (χ3n) is 4.66. The van der Waals surface area contributed by atoms with Crippen LogP contribution in [0.4, 0.5) is 0 Å². The predicted molar refractivity (Wildman–Crippen MR) is 111 cm³/mol. The molecule has 0 saturated heterocycles. The van der Waals surface area contributed by atoms with E-state index in [0.717, 1.165) is 5.75 Å². The molecule has 0 heterocycles. The lowest BCUT2D eigenvalue weighted by Gasteiger charge is -2.28. The molecule has 0 N–H and O–H groups in total. The van der Waals surface area contributed by atoms with Crippen LogP contribution in [0.25, 0.3) is 22.3 Å². The molecule has 0 aliphatic carbocycles. The van der Waals surface area contributed by atoms with E-state index in [1.165, 1.54) is 33.4 Å². The van der Waals surface area contributed by atoms with Crippen LogP contribution < -0.4 is 4.43 Å². The molecule has 0 aliphatic heterocycles. The molecule has 0 aliphatic rings. The Morgan fingerprint density at radius 2 is 1.32 bits per heavy atom. The molecule has 1 nitrogen and oxygen atoms in total. The van der Waals surface area contributed by atoms with Crippen molar-refractivity contribution in [3.05, 3.63) is 77.9 Å². The van der Waals surface area contributed by atoms with Gasteiger partial charge in [-0.3, -0.25) is 0 Å². The molecular weight excluding hydrogens is 320 g/mol. The van der Waals surface area contributed by atoms with Crippen molar-refractivity contribution < 1.29 is 4.43 Å². The summed E-state index contributed by atoms with van der Waals surface area (Å²) < 4.78 is 5.94. The second kappa shape index (κ2) is 6.89. The Balaban J connectivity index is 2.41. The van der Waals surface area contributed by atoms with E-state index in [4.69, 9.17) is 4.43 Å². The first-order valence-electron chi connectivity index (χ1n) is 8.76. The van der Waals surface area contributed by atoms with Crippen LogP contribution in [0, 0.1) is 6.92 Å². The van der Waals surface area contributed by atoms with Gasteiger partial charge in [0.2, 0.25) is 10.5 Å². The molecule has 0 fully saturated rings. The molecule has 128 valence electrons. The van der Waals surface area contributed by atoms with Crippen LogP contribution in [0.15, 0.2) is 66.7 Å². The minimum Gasteiger partial charge on any atom is -0.553 e. The highest BCUT2D eigenvalue weighted by molar-refractivity contribution is 6.00. The van der Waals surface area contributed by atoms with Crippen molar-refractivity contribution in [1.29, 1.82) is 0 Å². The number of benzene rings is 3. The van der Waals surface area contributed by atoms with E-state index in [1.54, 1.807) is 0 Å². The lowest BCUT2D eigenvalue weighted by Crippen LogP contribution is -2.16. The normalized spacial score (nSPS) is 11.5. The Morgan fingerprint density at radius 3 is 1.80 bits per heavy atom. The molecule has 0 spiro atoms. The third kappa shape index (κ3) is 3.40. The van der Waals surface area contributed by atoms with E-state index in [2.05, 4.69) is 94.4 Å². The summed E-state index contributed by atoms with van der Waals surface area (Å²) in [7, 11) is 0.685. The Hall–Kier alpha value is -2.32. The molecule has 0 unspecified atom stereocenters. The van der Waals surface area contributed by atoms with E-state index in [0.29, 0.717) is 10.5 Å². The summed E-state index contributed by atoms with van der Waals surface area (Å²) in [5, 5.41) is 0. The fourth-order valence-corrected chi connectivity index (χ4v) is 4.02. The van der Waals surface area contributed by atoms with E-state index >= 15 is 0 Å². The standard InChI is InChI=1S/C23H26OSi/c1-16-21(18-13-9-6-10-14-18)19(17-11-7-5-8-12-17)15-20(24-25)22(16)23(2,3)4/h5-15H,1-4,25H3. The third-order valence-corrected chi connectivity index (χ3v) is 5.10. The average Bonchev–Trinajstić information content (AvgIpc) is 2.61. The van der Waals surface area contributed by atoms with E-state index in [1.807, 2.05) is 0 Å². The maximum Gasteiger partial charge on any atom is 0.204 e. The summed E-state index contributed by atoms with van der Waals surface area (Å²) in [6.45, 7) is 9.02. The largest absolute Gasteiger partial charge is 0.553 e. The van der Waals surface area contributed by atoms with Gasteiger partial charge in [-0.1, -0.05) is 81.4 Å². The fourth-order valence-electron chi connectivity index (χ4n) is 3.70. The van der Waals surface area contributed by atoms with Crippen LogP contribution in [0.3, 0.4) is 0 Å². The van der Waals surface area contributed by atoms with Crippen LogP contribution in [0.1, 0.15) is 31.9 Å². The highest BCUT2D eigenvalue weighted by atomic mass is 28.2. The van der Waals surface area contributed by atoms with Gasteiger partial charge in [0.15, 0.2) is 0 Å². The highest BCUT2D eigenvalue weighted by Gasteiger charge is 2.25. The molecule has 0 radical (unpaired) electrons. The van der Waals surface area contributed by atoms with Crippen molar-refractivity contribution >= 4 is 10.5 Å². The van der Waals surface area contributed by atoms with Crippen LogP contribution in [0.5, 0.6) is 5.75 Å². The van der Waals surface area contributed by atoms with Crippen LogP contribution in [0.2, 0.25) is 0 Å². The number of hydrogen-bond acceptors (Lipinski definition) is 1. The lowest BCUT2D eigenvalue weighted by molar-refractivity contribution is 0.533.